The van der Waals surface area contributed by atoms with Gasteiger partial charge >= 0.3 is 0 Å². The summed E-state index contributed by atoms with van der Waals surface area (Å²) in [4.78, 5) is 40.7. The van der Waals surface area contributed by atoms with E-state index in [0.717, 1.165) is 5.56 Å². The van der Waals surface area contributed by atoms with E-state index in [9.17, 15) is 29.7 Å². The zero-order chi connectivity index (χ0) is 28.7. The minimum absolute atomic E-state index is 0.0549. The number of allylic oxidation sites excluding steroid dienone is 2. The van der Waals surface area contributed by atoms with Gasteiger partial charge in [-0.2, -0.15) is 0 Å². The number of carbonyl (C=O) groups excluding carboxylic acids is 3. The van der Waals surface area contributed by atoms with Gasteiger partial charge in [-0.05, 0) is 61.1 Å². The standard InChI is InChI=1S/C32H32O7/c1-16-15-30(4)18(3)31(5)22(14-19-10-12-20(39-6)13-11-19)21-8-7-9-23(34)25(21)27(35)26(31)29(37)32(30,38)28(36)24(16)17(2)33/h7-14,18,34-35,38H,15H2,1-6H3/b22-14+/t18-,30-,31-,32-/m0/s1. The molecule has 3 aliphatic rings. The smallest absolute Gasteiger partial charge is 0.206 e. The van der Waals surface area contributed by atoms with Gasteiger partial charge in [0, 0.05) is 10.8 Å². The van der Waals surface area contributed by atoms with Crippen molar-refractivity contribution in [2.75, 3.05) is 7.11 Å². The molecule has 4 atom stereocenters. The third-order valence-corrected chi connectivity index (χ3v) is 9.48. The molecule has 2 aromatic rings. The summed E-state index contributed by atoms with van der Waals surface area (Å²) in [6.45, 7) is 8.32. The molecular formula is C32H32O7. The Balaban J connectivity index is 1.87. The zero-order valence-electron chi connectivity index (χ0n) is 22.9. The van der Waals surface area contributed by atoms with Crippen LogP contribution in [0.1, 0.15) is 57.7 Å². The van der Waals surface area contributed by atoms with Crippen LogP contribution in [0, 0.1) is 16.7 Å². The van der Waals surface area contributed by atoms with Gasteiger partial charge in [0.15, 0.2) is 11.4 Å². The largest absolute Gasteiger partial charge is 0.507 e. The average Bonchev–Trinajstić information content (AvgIpc) is 2.88. The number of ketones is 3. The number of Topliss-reactive ketones (excluding diaryl/α,β-unsaturated/α-hetero) is 3. The lowest BCUT2D eigenvalue weighted by Crippen LogP contribution is -2.70. The number of methoxy groups -OCH3 is 1. The Morgan fingerprint density at radius 3 is 2.28 bits per heavy atom. The van der Waals surface area contributed by atoms with Gasteiger partial charge in [0.1, 0.15) is 17.3 Å². The number of aliphatic hydroxyl groups is 2. The summed E-state index contributed by atoms with van der Waals surface area (Å²) in [6, 6.07) is 12.2. The molecule has 5 rings (SSSR count). The Morgan fingerprint density at radius 1 is 1.05 bits per heavy atom. The number of benzene rings is 2. The topological polar surface area (TPSA) is 121 Å². The van der Waals surface area contributed by atoms with Crippen LogP contribution >= 0.6 is 0 Å². The summed E-state index contributed by atoms with van der Waals surface area (Å²) in [5.41, 5.74) is -2.79. The lowest BCUT2D eigenvalue weighted by atomic mass is 9.41. The Bertz CT molecular complexity index is 1560. The second-order valence-corrected chi connectivity index (χ2v) is 11.4. The molecule has 0 aromatic heterocycles. The highest BCUT2D eigenvalue weighted by Gasteiger charge is 2.72. The van der Waals surface area contributed by atoms with Crippen molar-refractivity contribution in [2.45, 2.75) is 46.6 Å². The predicted octanol–water partition coefficient (Wildman–Crippen LogP) is 5.06. The maximum absolute atomic E-state index is 14.4. The summed E-state index contributed by atoms with van der Waals surface area (Å²) in [6.07, 6.45) is 2.04. The number of carbonyl (C=O) groups is 3. The SMILES string of the molecule is COc1ccc(/C=C2\c3cccc(O)c3C(O)=C3C(=O)[C@@]4(O)C(=O)C(C(C)=O)=C(C)C[C@@]4(C)[C@H](C)[C@]32C)cc1. The number of hydrogen-bond acceptors (Lipinski definition) is 7. The second kappa shape index (κ2) is 8.52. The van der Waals surface area contributed by atoms with Crippen LogP contribution in [0.15, 0.2) is 59.2 Å². The van der Waals surface area contributed by atoms with Gasteiger partial charge in [0.2, 0.25) is 11.6 Å². The molecule has 2 aromatic carbocycles. The van der Waals surface area contributed by atoms with Crippen molar-refractivity contribution >= 4 is 34.8 Å². The molecule has 202 valence electrons. The van der Waals surface area contributed by atoms with Crippen LogP contribution in [-0.2, 0) is 14.4 Å². The first-order valence-electron chi connectivity index (χ1n) is 12.9. The molecule has 39 heavy (non-hydrogen) atoms. The average molecular weight is 529 g/mol. The summed E-state index contributed by atoms with van der Waals surface area (Å²) in [7, 11) is 1.57. The fraction of sp³-hybridized carbons (Fsp3) is 0.344. The molecule has 1 saturated carbocycles. The molecule has 3 aliphatic carbocycles. The quantitative estimate of drug-likeness (QED) is 0.376. The monoisotopic (exact) mass is 528 g/mol. The summed E-state index contributed by atoms with van der Waals surface area (Å²) in [5.74, 6) is -3.03. The van der Waals surface area contributed by atoms with Gasteiger partial charge in [-0.15, -0.1) is 0 Å². The summed E-state index contributed by atoms with van der Waals surface area (Å²) < 4.78 is 5.28. The van der Waals surface area contributed by atoms with Crippen molar-refractivity contribution in [1.82, 2.24) is 0 Å². The number of aromatic hydroxyl groups is 1. The Morgan fingerprint density at radius 2 is 1.69 bits per heavy atom. The fourth-order valence-corrected chi connectivity index (χ4v) is 7.19. The van der Waals surface area contributed by atoms with Crippen molar-refractivity contribution in [3.8, 4) is 11.5 Å². The van der Waals surface area contributed by atoms with Crippen molar-refractivity contribution in [3.05, 3.63) is 75.9 Å². The molecule has 1 fully saturated rings. The number of phenols is 1. The molecule has 7 heteroatoms. The van der Waals surface area contributed by atoms with E-state index >= 15 is 0 Å². The van der Waals surface area contributed by atoms with E-state index in [1.54, 1.807) is 33.1 Å². The molecular weight excluding hydrogens is 496 g/mol. The highest BCUT2D eigenvalue weighted by atomic mass is 16.5. The predicted molar refractivity (Wildman–Crippen MR) is 147 cm³/mol. The molecule has 7 nitrogen and oxygen atoms in total. The van der Waals surface area contributed by atoms with Crippen molar-refractivity contribution in [3.63, 3.8) is 0 Å². The van der Waals surface area contributed by atoms with E-state index in [-0.39, 0.29) is 28.9 Å². The van der Waals surface area contributed by atoms with Crippen LogP contribution in [0.3, 0.4) is 0 Å². The molecule has 0 amide bonds. The van der Waals surface area contributed by atoms with Crippen LogP contribution in [-0.4, -0.2) is 45.4 Å². The second-order valence-electron chi connectivity index (χ2n) is 11.4. The molecule has 0 heterocycles. The number of hydrogen-bond donors (Lipinski definition) is 3. The van der Waals surface area contributed by atoms with Crippen LogP contribution < -0.4 is 4.74 Å². The molecule has 0 bridgehead atoms. The normalized spacial score (nSPS) is 31.2. The number of fused-ring (bicyclic) bond motifs is 3. The van der Waals surface area contributed by atoms with E-state index in [0.29, 0.717) is 22.5 Å². The first kappa shape index (κ1) is 26.6. The number of phenolic OH excluding ortho intramolecular Hbond substituents is 1. The third-order valence-electron chi connectivity index (χ3n) is 9.48. The zero-order valence-corrected chi connectivity index (χ0v) is 22.9. The highest BCUT2D eigenvalue weighted by molar-refractivity contribution is 6.34. The maximum atomic E-state index is 14.4. The third kappa shape index (κ3) is 3.23. The summed E-state index contributed by atoms with van der Waals surface area (Å²) in [5, 5.41) is 34.5. The van der Waals surface area contributed by atoms with Crippen LogP contribution in [0.5, 0.6) is 11.5 Å². The first-order valence-corrected chi connectivity index (χ1v) is 12.9. The van der Waals surface area contributed by atoms with Gasteiger partial charge in [0.05, 0.1) is 23.8 Å². The molecule has 3 N–H and O–H groups in total. The van der Waals surface area contributed by atoms with Gasteiger partial charge < -0.3 is 20.1 Å². The van der Waals surface area contributed by atoms with Crippen LogP contribution in [0.25, 0.3) is 17.4 Å². The Kier molecular flexibility index (Phi) is 5.81. The van der Waals surface area contributed by atoms with Gasteiger partial charge in [0.25, 0.3) is 0 Å². The van der Waals surface area contributed by atoms with Crippen molar-refractivity contribution < 1.29 is 34.4 Å². The highest BCUT2D eigenvalue weighted by Crippen LogP contribution is 2.68. The van der Waals surface area contributed by atoms with Gasteiger partial charge in [-0.3, -0.25) is 14.4 Å². The van der Waals surface area contributed by atoms with Crippen LogP contribution in [0.4, 0.5) is 0 Å². The Labute approximate surface area is 227 Å². The molecule has 0 unspecified atom stereocenters. The number of aliphatic hydroxyl groups excluding tert-OH is 1. The molecule has 0 saturated heterocycles. The summed E-state index contributed by atoms with van der Waals surface area (Å²) >= 11 is 0. The van der Waals surface area contributed by atoms with Crippen molar-refractivity contribution in [1.29, 1.82) is 0 Å². The van der Waals surface area contributed by atoms with E-state index in [4.69, 9.17) is 4.74 Å². The minimum Gasteiger partial charge on any atom is -0.507 e. The van der Waals surface area contributed by atoms with Gasteiger partial charge in [-0.25, -0.2) is 0 Å². The molecule has 0 aliphatic heterocycles. The molecule has 0 radical (unpaired) electrons. The Hall–Kier alpha value is -3.97. The number of ether oxygens (including phenoxy) is 1. The molecule has 0 spiro atoms. The van der Waals surface area contributed by atoms with Crippen molar-refractivity contribution in [2.24, 2.45) is 16.7 Å². The van der Waals surface area contributed by atoms with E-state index in [2.05, 4.69) is 0 Å². The van der Waals surface area contributed by atoms with Gasteiger partial charge in [-0.1, -0.05) is 56.7 Å². The van der Waals surface area contributed by atoms with E-state index in [1.165, 1.54) is 13.0 Å². The fourth-order valence-electron chi connectivity index (χ4n) is 7.19. The lowest BCUT2D eigenvalue weighted by Gasteiger charge is -2.61. The minimum atomic E-state index is -2.57. The number of rotatable bonds is 3. The van der Waals surface area contributed by atoms with E-state index in [1.807, 2.05) is 44.2 Å². The van der Waals surface area contributed by atoms with Crippen LogP contribution in [0.2, 0.25) is 0 Å². The first-order chi connectivity index (χ1) is 18.2. The van der Waals surface area contributed by atoms with E-state index < -0.39 is 45.5 Å². The maximum Gasteiger partial charge on any atom is 0.206 e. The lowest BCUT2D eigenvalue weighted by molar-refractivity contribution is -0.178.